The average molecular weight is 525 g/mol. The molecule has 0 spiro atoms. The lowest BCUT2D eigenvalue weighted by Crippen LogP contribution is -2.50. The molecule has 0 fully saturated rings. The van der Waals surface area contributed by atoms with Gasteiger partial charge in [-0.1, -0.05) is 48.5 Å². The van der Waals surface area contributed by atoms with E-state index in [2.05, 4.69) is 0 Å². The van der Waals surface area contributed by atoms with E-state index in [0.29, 0.717) is 17.0 Å². The number of hydrogen-bond acceptors (Lipinski definition) is 7. The van der Waals surface area contributed by atoms with Gasteiger partial charge in [0.05, 0.1) is 33.0 Å². The number of nitrogens with zero attached hydrogens (tertiary/aromatic N) is 2. The molecule has 0 radical (unpaired) electrons. The standard InChI is InChI=1S/C27H28N2O7S/c1-19-13-14-23(34-2)25(15-19)37(32,33)28(16-20-9-5-4-6-10-20)18-26(30)29-17-24(27(31)35-3)36-22-12-8-7-11-21(22)29/h4-15,24H,16-18H2,1-3H3/t24-/m1/s1. The van der Waals surface area contributed by atoms with Gasteiger partial charge in [-0.25, -0.2) is 13.2 Å². The highest BCUT2D eigenvalue weighted by Crippen LogP contribution is 2.34. The number of fused-ring (bicyclic) bond motifs is 1. The van der Waals surface area contributed by atoms with Gasteiger partial charge in [-0.3, -0.25) is 4.79 Å². The summed E-state index contributed by atoms with van der Waals surface area (Å²) >= 11 is 0. The summed E-state index contributed by atoms with van der Waals surface area (Å²) < 4.78 is 44.9. The van der Waals surface area contributed by atoms with Crippen molar-refractivity contribution >= 4 is 27.6 Å². The van der Waals surface area contributed by atoms with Gasteiger partial charge in [0.25, 0.3) is 0 Å². The van der Waals surface area contributed by atoms with Crippen LogP contribution < -0.4 is 14.4 Å². The highest BCUT2D eigenvalue weighted by molar-refractivity contribution is 7.89. The Morgan fingerprint density at radius 3 is 2.43 bits per heavy atom. The Kier molecular flexibility index (Phi) is 7.80. The lowest BCUT2D eigenvalue weighted by atomic mass is 10.2. The second-order valence-corrected chi connectivity index (χ2v) is 10.4. The average Bonchev–Trinajstić information content (AvgIpc) is 2.92. The molecule has 10 heteroatoms. The molecule has 1 aliphatic heterocycles. The fraction of sp³-hybridized carbons (Fsp3) is 0.259. The molecule has 0 aromatic heterocycles. The third-order valence-corrected chi connectivity index (χ3v) is 7.80. The van der Waals surface area contributed by atoms with Crippen LogP contribution in [0.2, 0.25) is 0 Å². The quantitative estimate of drug-likeness (QED) is 0.417. The summed E-state index contributed by atoms with van der Waals surface area (Å²) in [5, 5.41) is 0. The Morgan fingerprint density at radius 1 is 1.03 bits per heavy atom. The first-order valence-corrected chi connectivity index (χ1v) is 13.0. The van der Waals surface area contributed by atoms with Gasteiger partial charge in [0.2, 0.25) is 22.0 Å². The zero-order valence-corrected chi connectivity index (χ0v) is 21.6. The van der Waals surface area contributed by atoms with Crippen LogP contribution in [0.4, 0.5) is 5.69 Å². The zero-order valence-electron chi connectivity index (χ0n) is 20.8. The predicted octanol–water partition coefficient (Wildman–Crippen LogP) is 3.16. The second kappa shape index (κ2) is 11.0. The summed E-state index contributed by atoms with van der Waals surface area (Å²) in [6, 6.07) is 20.6. The van der Waals surface area contributed by atoms with Gasteiger partial charge in [0.15, 0.2) is 0 Å². The maximum Gasteiger partial charge on any atom is 0.348 e. The topological polar surface area (TPSA) is 102 Å². The number of ether oxygens (including phenoxy) is 3. The van der Waals surface area contributed by atoms with E-state index < -0.39 is 34.5 Å². The minimum absolute atomic E-state index is 0.0338. The number of para-hydroxylation sites is 2. The fourth-order valence-corrected chi connectivity index (χ4v) is 5.72. The van der Waals surface area contributed by atoms with Crippen molar-refractivity contribution in [3.8, 4) is 11.5 Å². The number of carbonyl (C=O) groups is 2. The highest BCUT2D eigenvalue weighted by Gasteiger charge is 2.37. The highest BCUT2D eigenvalue weighted by atomic mass is 32.2. The van der Waals surface area contributed by atoms with Crippen LogP contribution in [-0.4, -0.2) is 58.0 Å². The van der Waals surface area contributed by atoms with E-state index in [-0.39, 0.29) is 23.7 Å². The summed E-state index contributed by atoms with van der Waals surface area (Å²) in [6.45, 7) is 1.15. The smallest absolute Gasteiger partial charge is 0.348 e. The summed E-state index contributed by atoms with van der Waals surface area (Å²) in [5.74, 6) is -0.643. The van der Waals surface area contributed by atoms with Gasteiger partial charge >= 0.3 is 5.97 Å². The molecule has 9 nitrogen and oxygen atoms in total. The van der Waals surface area contributed by atoms with Crippen molar-refractivity contribution in [1.29, 1.82) is 0 Å². The van der Waals surface area contributed by atoms with Gasteiger partial charge in [0.1, 0.15) is 16.4 Å². The van der Waals surface area contributed by atoms with Gasteiger partial charge in [-0.05, 0) is 42.3 Å². The maximum atomic E-state index is 13.9. The molecule has 1 amide bonds. The fourth-order valence-electron chi connectivity index (χ4n) is 4.10. The largest absolute Gasteiger partial charge is 0.495 e. The van der Waals surface area contributed by atoms with Crippen molar-refractivity contribution < 1.29 is 32.2 Å². The molecule has 3 aromatic rings. The van der Waals surface area contributed by atoms with Crippen LogP contribution in [0.5, 0.6) is 11.5 Å². The summed E-state index contributed by atoms with van der Waals surface area (Å²) in [4.78, 5) is 27.3. The normalized spacial score (nSPS) is 15.0. The van der Waals surface area contributed by atoms with Crippen molar-refractivity contribution in [2.45, 2.75) is 24.5 Å². The number of sulfonamides is 1. The molecule has 1 atom stereocenters. The van der Waals surface area contributed by atoms with E-state index in [4.69, 9.17) is 14.2 Å². The van der Waals surface area contributed by atoms with Crippen LogP contribution in [0.25, 0.3) is 0 Å². The molecule has 1 aliphatic rings. The maximum absolute atomic E-state index is 13.9. The van der Waals surface area contributed by atoms with Crippen molar-refractivity contribution in [2.75, 3.05) is 32.2 Å². The number of hydrogen-bond donors (Lipinski definition) is 0. The molecule has 0 saturated heterocycles. The zero-order chi connectivity index (χ0) is 26.6. The summed E-state index contributed by atoms with van der Waals surface area (Å²) in [7, 11) is -1.54. The van der Waals surface area contributed by atoms with Crippen molar-refractivity contribution in [3.63, 3.8) is 0 Å². The van der Waals surface area contributed by atoms with Crippen LogP contribution in [-0.2, 0) is 30.9 Å². The van der Waals surface area contributed by atoms with Crippen molar-refractivity contribution in [1.82, 2.24) is 4.31 Å². The van der Waals surface area contributed by atoms with Gasteiger partial charge in [0, 0.05) is 6.54 Å². The first-order valence-electron chi connectivity index (χ1n) is 11.6. The minimum atomic E-state index is -4.17. The number of anilines is 1. The van der Waals surface area contributed by atoms with Crippen LogP contribution in [0.1, 0.15) is 11.1 Å². The third kappa shape index (κ3) is 5.60. The number of esters is 1. The van der Waals surface area contributed by atoms with E-state index >= 15 is 0 Å². The van der Waals surface area contributed by atoms with Crippen LogP contribution in [0.3, 0.4) is 0 Å². The molecule has 1 heterocycles. The Balaban J connectivity index is 1.72. The molecule has 0 bridgehead atoms. The SMILES string of the molecule is COC(=O)[C@H]1CN(C(=O)CN(Cc2ccccc2)S(=O)(=O)c2cc(C)ccc2OC)c2ccccc2O1. The summed E-state index contributed by atoms with van der Waals surface area (Å²) in [6.07, 6.45) is -1.04. The van der Waals surface area contributed by atoms with E-state index in [1.165, 1.54) is 25.2 Å². The van der Waals surface area contributed by atoms with E-state index in [1.807, 2.05) is 6.07 Å². The van der Waals surface area contributed by atoms with Crippen LogP contribution in [0.15, 0.2) is 77.7 Å². The number of rotatable bonds is 8. The molecular formula is C27H28N2O7S. The van der Waals surface area contributed by atoms with E-state index in [0.717, 1.165) is 9.87 Å². The molecule has 194 valence electrons. The minimum Gasteiger partial charge on any atom is -0.495 e. The Labute approximate surface area is 216 Å². The Hall–Kier alpha value is -3.89. The first-order chi connectivity index (χ1) is 17.7. The molecule has 3 aromatic carbocycles. The van der Waals surface area contributed by atoms with Gasteiger partial charge in [-0.2, -0.15) is 4.31 Å². The predicted molar refractivity (Wildman–Crippen MR) is 137 cm³/mol. The molecule has 37 heavy (non-hydrogen) atoms. The molecular weight excluding hydrogens is 496 g/mol. The molecule has 0 unspecified atom stereocenters. The van der Waals surface area contributed by atoms with E-state index in [1.54, 1.807) is 67.6 Å². The molecule has 0 saturated carbocycles. The lowest BCUT2D eigenvalue weighted by molar-refractivity contribution is -0.148. The Morgan fingerprint density at radius 2 is 1.73 bits per heavy atom. The molecule has 4 rings (SSSR count). The lowest BCUT2D eigenvalue weighted by Gasteiger charge is -2.34. The van der Waals surface area contributed by atoms with Crippen LogP contribution in [0, 0.1) is 6.92 Å². The van der Waals surface area contributed by atoms with Crippen LogP contribution >= 0.6 is 0 Å². The Bertz CT molecular complexity index is 1390. The monoisotopic (exact) mass is 524 g/mol. The van der Waals surface area contributed by atoms with Crippen molar-refractivity contribution in [2.24, 2.45) is 0 Å². The number of methoxy groups -OCH3 is 2. The third-order valence-electron chi connectivity index (χ3n) is 5.99. The number of amides is 1. The number of aryl methyl sites for hydroxylation is 1. The number of benzene rings is 3. The second-order valence-electron chi connectivity index (χ2n) is 8.51. The van der Waals surface area contributed by atoms with Crippen molar-refractivity contribution in [3.05, 3.63) is 83.9 Å². The van der Waals surface area contributed by atoms with E-state index in [9.17, 15) is 18.0 Å². The molecule has 0 aliphatic carbocycles. The van der Waals surface area contributed by atoms with Gasteiger partial charge < -0.3 is 19.1 Å². The number of carbonyl (C=O) groups excluding carboxylic acids is 2. The molecule has 0 N–H and O–H groups in total. The summed E-state index contributed by atoms with van der Waals surface area (Å²) in [5.41, 5.74) is 1.88. The first kappa shape index (κ1) is 26.2. The van der Waals surface area contributed by atoms with Gasteiger partial charge in [-0.15, -0.1) is 0 Å².